The van der Waals surface area contributed by atoms with Gasteiger partial charge in [0.2, 0.25) is 0 Å². The summed E-state index contributed by atoms with van der Waals surface area (Å²) in [6.07, 6.45) is 15.2. The first kappa shape index (κ1) is 38.3. The third-order valence-corrected chi connectivity index (χ3v) is 16.3. The zero-order chi connectivity index (χ0) is 41.5. The van der Waals surface area contributed by atoms with E-state index in [1.807, 2.05) is 83.4 Å². The number of hydrogen-bond donors (Lipinski definition) is 0. The van der Waals surface area contributed by atoms with Crippen LogP contribution in [0, 0.1) is 0 Å². The Morgan fingerprint density at radius 3 is 2.02 bits per heavy atom. The van der Waals surface area contributed by atoms with Gasteiger partial charge in [0.1, 0.15) is 5.75 Å². The summed E-state index contributed by atoms with van der Waals surface area (Å²) in [4.78, 5) is 6.60. The van der Waals surface area contributed by atoms with Crippen LogP contribution in [0.25, 0.3) is 20.2 Å². The molecule has 0 amide bonds. The van der Waals surface area contributed by atoms with Crippen LogP contribution in [0.15, 0.2) is 191 Å². The van der Waals surface area contributed by atoms with E-state index in [2.05, 4.69) is 102 Å². The molecule has 11 rings (SSSR count). The first-order chi connectivity index (χ1) is 29.6. The van der Waals surface area contributed by atoms with Crippen LogP contribution in [-0.2, 0) is 10.1 Å². The Kier molecular flexibility index (Phi) is 9.26. The van der Waals surface area contributed by atoms with Crippen LogP contribution in [0.2, 0.25) is 0 Å². The summed E-state index contributed by atoms with van der Waals surface area (Å²) in [5.41, 5.74) is 1.58. The zero-order valence-electron chi connectivity index (χ0n) is 31.9. The molecule has 1 aromatic heterocycles. The fourth-order valence-corrected chi connectivity index (χ4v) is 13.0. The van der Waals surface area contributed by atoms with E-state index < -0.39 is 21.4 Å². The van der Waals surface area contributed by atoms with Crippen molar-refractivity contribution in [2.24, 2.45) is 0 Å². The second-order valence-electron chi connectivity index (χ2n) is 15.1. The molecule has 7 aromatic rings. The van der Waals surface area contributed by atoms with Gasteiger partial charge in [-0.2, -0.15) is 21.6 Å². The van der Waals surface area contributed by atoms with Gasteiger partial charge in [-0.15, -0.1) is 34.9 Å². The van der Waals surface area contributed by atoms with Gasteiger partial charge in [-0.3, -0.25) is 0 Å². The first-order valence-electron chi connectivity index (χ1n) is 19.6. The van der Waals surface area contributed by atoms with E-state index in [0.29, 0.717) is 11.1 Å². The monoisotopic (exact) mass is 882 g/mol. The third-order valence-electron chi connectivity index (χ3n) is 11.4. The average molecular weight is 883 g/mol. The second-order valence-corrected chi connectivity index (χ2v) is 20.2. The van der Waals surface area contributed by atoms with Gasteiger partial charge in [-0.25, -0.2) is 0 Å². The van der Waals surface area contributed by atoms with Crippen LogP contribution in [-0.4, -0.2) is 24.4 Å². The number of fused-ring (bicyclic) bond motifs is 9. The van der Waals surface area contributed by atoms with Crippen molar-refractivity contribution < 1.29 is 25.8 Å². The fourth-order valence-electron chi connectivity index (χ4n) is 8.73. The highest BCUT2D eigenvalue weighted by molar-refractivity contribution is 8.00. The molecule has 2 aliphatic carbocycles. The Morgan fingerprint density at radius 1 is 0.590 bits per heavy atom. The maximum Gasteiger partial charge on any atom is 0.534 e. The maximum absolute atomic E-state index is 14.0. The van der Waals surface area contributed by atoms with Crippen LogP contribution in [0.1, 0.15) is 23.0 Å². The number of allylic oxidation sites excluding steroid dienone is 5. The Hall–Kier alpha value is -5.66. The van der Waals surface area contributed by atoms with E-state index in [1.54, 1.807) is 11.8 Å². The lowest BCUT2D eigenvalue weighted by Gasteiger charge is -2.30. The topological polar surface area (TPSA) is 49.9 Å². The van der Waals surface area contributed by atoms with Crippen molar-refractivity contribution in [3.05, 3.63) is 193 Å². The first-order valence-corrected chi connectivity index (χ1v) is 23.6. The van der Waals surface area contributed by atoms with Crippen LogP contribution >= 0.6 is 34.9 Å². The Bertz CT molecular complexity index is 3130. The van der Waals surface area contributed by atoms with Crippen molar-refractivity contribution in [3.8, 4) is 5.75 Å². The van der Waals surface area contributed by atoms with E-state index in [9.17, 15) is 21.6 Å². The predicted octanol–water partition coefficient (Wildman–Crippen LogP) is 14.3. The van der Waals surface area contributed by atoms with E-state index in [0.717, 1.165) is 53.7 Å². The quantitative estimate of drug-likeness (QED) is 0.111. The fraction of sp³-hybridized carbons (Fsp3) is 0.102. The van der Waals surface area contributed by atoms with Crippen molar-refractivity contribution in [1.29, 1.82) is 0 Å². The molecule has 0 fully saturated rings. The van der Waals surface area contributed by atoms with E-state index >= 15 is 0 Å². The summed E-state index contributed by atoms with van der Waals surface area (Å²) in [6.45, 7) is 0. The number of alkyl halides is 3. The highest BCUT2D eigenvalue weighted by atomic mass is 32.2. The molecular formula is C49H33F3N2O3S4. The lowest BCUT2D eigenvalue weighted by molar-refractivity contribution is -0.0500. The smallest absolute Gasteiger partial charge is 0.376 e. The molecular weight excluding hydrogens is 850 g/mol. The average Bonchev–Trinajstić information content (AvgIpc) is 3.95. The van der Waals surface area contributed by atoms with Gasteiger partial charge in [0.15, 0.2) is 0 Å². The molecule has 4 atom stereocenters. The zero-order valence-corrected chi connectivity index (χ0v) is 35.2. The summed E-state index contributed by atoms with van der Waals surface area (Å²) in [5.74, 6) is -0.106. The normalized spacial score (nSPS) is 20.0. The standard InChI is InChI=1S/C49H33F3N2O3S4/c50-49(51,52)61(55,56)57-35-28-41-40-26-33(53(30-11-3-1-4-12-30)32-19-22-45-38(25-32)36-15-7-9-17-43(36)58-45)20-24-47(40)60-48(41)42(29-35)54(31-13-5-2-6-14-31)34-21-23-46-39(27-34)37-16-8-10-18-44(37)59-46/h1-29,37-38,44-45H. The van der Waals surface area contributed by atoms with Crippen molar-refractivity contribution in [3.63, 3.8) is 0 Å². The molecule has 61 heavy (non-hydrogen) atoms. The summed E-state index contributed by atoms with van der Waals surface area (Å²) in [6, 6.07) is 43.3. The number of hydrogen-bond acceptors (Lipinski definition) is 8. The molecule has 0 radical (unpaired) electrons. The minimum atomic E-state index is -6.01. The molecule has 0 saturated heterocycles. The minimum Gasteiger partial charge on any atom is -0.376 e. The Labute approximate surface area is 363 Å². The molecule has 6 aromatic carbocycles. The van der Waals surface area contributed by atoms with E-state index in [1.165, 1.54) is 33.9 Å². The molecule has 0 saturated carbocycles. The highest BCUT2D eigenvalue weighted by Crippen LogP contribution is 2.53. The lowest BCUT2D eigenvalue weighted by atomic mass is 9.91. The number of para-hydroxylation sites is 2. The summed E-state index contributed by atoms with van der Waals surface area (Å²) >= 11 is 5.16. The van der Waals surface area contributed by atoms with Gasteiger partial charge < -0.3 is 14.0 Å². The van der Waals surface area contributed by atoms with Crippen LogP contribution in [0.3, 0.4) is 0 Å². The highest BCUT2D eigenvalue weighted by Gasteiger charge is 2.49. The van der Waals surface area contributed by atoms with Crippen molar-refractivity contribution >= 4 is 93.6 Å². The van der Waals surface area contributed by atoms with Gasteiger partial charge in [0.05, 0.1) is 10.4 Å². The van der Waals surface area contributed by atoms with Crippen molar-refractivity contribution in [2.75, 3.05) is 9.80 Å². The third kappa shape index (κ3) is 6.67. The van der Waals surface area contributed by atoms with E-state index in [-0.39, 0.29) is 22.3 Å². The maximum atomic E-state index is 14.0. The van der Waals surface area contributed by atoms with E-state index in [4.69, 9.17) is 4.18 Å². The molecule has 5 nitrogen and oxygen atoms in total. The molecule has 0 spiro atoms. The molecule has 4 aliphatic rings. The Morgan fingerprint density at radius 2 is 1.25 bits per heavy atom. The van der Waals surface area contributed by atoms with Gasteiger partial charge in [0, 0.05) is 82.1 Å². The number of thioether (sulfide) groups is 2. The molecule has 2 aliphatic heterocycles. The van der Waals surface area contributed by atoms with Crippen molar-refractivity contribution in [2.45, 2.75) is 37.6 Å². The number of rotatable bonds is 8. The number of benzene rings is 6. The van der Waals surface area contributed by atoms with Gasteiger partial charge in [-0.05, 0) is 90.0 Å². The molecule has 4 unspecified atom stereocenters. The van der Waals surface area contributed by atoms with Gasteiger partial charge in [0.25, 0.3) is 0 Å². The summed E-state index contributed by atoms with van der Waals surface area (Å²) < 4.78 is 73.9. The summed E-state index contributed by atoms with van der Waals surface area (Å²) in [7, 11) is -6.01. The van der Waals surface area contributed by atoms with Gasteiger partial charge in [-0.1, -0.05) is 91.1 Å². The second kappa shape index (κ2) is 14.8. The molecule has 12 heteroatoms. The largest absolute Gasteiger partial charge is 0.534 e. The van der Waals surface area contributed by atoms with Gasteiger partial charge >= 0.3 is 15.6 Å². The number of halogens is 3. The van der Waals surface area contributed by atoms with Crippen LogP contribution in [0.5, 0.6) is 5.75 Å². The lowest BCUT2D eigenvalue weighted by Crippen LogP contribution is -2.28. The number of thiophene rings is 1. The van der Waals surface area contributed by atoms with Crippen LogP contribution in [0.4, 0.5) is 41.6 Å². The SMILES string of the molecule is O=S(=O)(Oc1cc(N(c2ccccc2)c2ccc3c(c2)C2C=CC=CC2S3)c2sc3ccc(N(C4=CC5c6ccccc6SC5C=C4)c4ccccc4)cc3c2c1)C(F)(F)F. The summed E-state index contributed by atoms with van der Waals surface area (Å²) in [5, 5.41) is 1.85. The molecule has 3 heterocycles. The van der Waals surface area contributed by atoms with Crippen LogP contribution < -0.4 is 14.0 Å². The minimum absolute atomic E-state index is 0.159. The number of nitrogens with zero attached hydrogens (tertiary/aromatic N) is 2. The Balaban J connectivity index is 1.11. The predicted molar refractivity (Wildman–Crippen MR) is 245 cm³/mol. The van der Waals surface area contributed by atoms with Crippen molar-refractivity contribution in [1.82, 2.24) is 0 Å². The number of anilines is 5. The molecule has 0 bridgehead atoms. The molecule has 302 valence electrons. The molecule has 0 N–H and O–H groups in total.